The molecule has 3 aliphatic rings. The van der Waals surface area contributed by atoms with E-state index >= 15 is 0 Å². The van der Waals surface area contributed by atoms with Gasteiger partial charge in [0.2, 0.25) is 11.8 Å². The number of amides is 2. The Morgan fingerprint density at radius 1 is 0.667 bits per heavy atom. The molecule has 2 aromatic carbocycles. The van der Waals surface area contributed by atoms with E-state index in [2.05, 4.69) is 16.8 Å². The molecule has 3 atom stereocenters. The van der Waals surface area contributed by atoms with E-state index in [-0.39, 0.29) is 87.0 Å². The van der Waals surface area contributed by atoms with Gasteiger partial charge in [0.1, 0.15) is 12.1 Å². The summed E-state index contributed by atoms with van der Waals surface area (Å²) in [6, 6.07) is 12.7. The molecule has 0 saturated carbocycles. The molecule has 20 heteroatoms. The first-order valence-corrected chi connectivity index (χ1v) is 29.6. The molecule has 0 aliphatic carbocycles. The molecule has 81 heavy (non-hydrogen) atoms. The van der Waals surface area contributed by atoms with Crippen LogP contribution >= 0.6 is 0 Å². The number of nitrogens with two attached hydrogens (primary N) is 2. The van der Waals surface area contributed by atoms with Gasteiger partial charge in [-0.15, -0.1) is 0 Å². The first kappa shape index (κ1) is 62.4. The number of likely N-dealkylation sites (tertiary alicyclic amines) is 2. The van der Waals surface area contributed by atoms with E-state index in [1.54, 1.807) is 4.68 Å². The van der Waals surface area contributed by atoms with Crippen LogP contribution in [0.3, 0.4) is 0 Å². The number of aryl methyl sites for hydroxylation is 1. The van der Waals surface area contributed by atoms with Gasteiger partial charge in [0.25, 0.3) is 5.56 Å². The van der Waals surface area contributed by atoms with Crippen LogP contribution in [0.4, 0.5) is 0 Å². The number of hydrogen-bond donors (Lipinski definition) is 2. The lowest BCUT2D eigenvalue weighted by Gasteiger charge is -2.43. The molecule has 2 aromatic heterocycles. The summed E-state index contributed by atoms with van der Waals surface area (Å²) in [4.78, 5) is 102. The zero-order valence-corrected chi connectivity index (χ0v) is 48.8. The van der Waals surface area contributed by atoms with E-state index in [1.165, 1.54) is 4.57 Å². The van der Waals surface area contributed by atoms with Crippen LogP contribution in [-0.2, 0) is 67.6 Å². The first-order valence-electron chi connectivity index (χ1n) is 29.6. The molecule has 0 bridgehead atoms. The van der Waals surface area contributed by atoms with Crippen molar-refractivity contribution < 1.29 is 47.7 Å². The molecule has 3 saturated heterocycles. The Labute approximate surface area is 477 Å². The van der Waals surface area contributed by atoms with E-state index in [1.807, 2.05) is 93.1 Å². The van der Waals surface area contributed by atoms with Crippen LogP contribution in [0, 0.1) is 24.7 Å². The van der Waals surface area contributed by atoms with Crippen molar-refractivity contribution >= 4 is 57.5 Å². The fraction of sp³-hybridized carbons (Fsp3) is 0.639. The number of fused-ring (bicyclic) bond motifs is 2. The van der Waals surface area contributed by atoms with E-state index in [9.17, 15) is 33.6 Å². The second-order valence-electron chi connectivity index (χ2n) is 23.4. The van der Waals surface area contributed by atoms with Crippen molar-refractivity contribution in [1.82, 2.24) is 33.9 Å². The summed E-state index contributed by atoms with van der Waals surface area (Å²) >= 11 is 0. The number of hydrogen-bond acceptors (Lipinski definition) is 16. The molecule has 0 radical (unpaired) electrons. The average molecular weight is 1120 g/mol. The summed E-state index contributed by atoms with van der Waals surface area (Å²) in [5, 5.41) is 6.39. The number of pyridine rings is 1. The fourth-order valence-electron chi connectivity index (χ4n) is 11.2. The summed E-state index contributed by atoms with van der Waals surface area (Å²) in [7, 11) is 2.16. The normalized spacial score (nSPS) is 17.2. The van der Waals surface area contributed by atoms with Crippen LogP contribution in [0.15, 0.2) is 53.5 Å². The fourth-order valence-corrected chi connectivity index (χ4v) is 11.2. The topological polar surface area (TPSA) is 244 Å². The lowest BCUT2D eigenvalue weighted by molar-refractivity contribution is -0.149. The maximum Gasteiger partial charge on any atom is 0.323 e. The molecule has 2 unspecified atom stereocenters. The monoisotopic (exact) mass is 1120 g/mol. The number of nitrogens with zero attached hydrogens (tertiary/aromatic N) is 7. The van der Waals surface area contributed by atoms with Gasteiger partial charge in [-0.3, -0.25) is 43.0 Å². The highest BCUT2D eigenvalue weighted by Gasteiger charge is 2.35. The number of ether oxygens (including phenoxy) is 4. The minimum absolute atomic E-state index is 0.00718. The van der Waals surface area contributed by atoms with Gasteiger partial charge in [-0.1, -0.05) is 52.0 Å². The third kappa shape index (κ3) is 17.6. The zero-order chi connectivity index (χ0) is 58.2. The van der Waals surface area contributed by atoms with Crippen molar-refractivity contribution in [2.75, 3.05) is 72.6 Å². The summed E-state index contributed by atoms with van der Waals surface area (Å²) in [5.41, 5.74) is 15.3. The molecule has 3 aliphatic heterocycles. The molecular weight excluding hydrogens is 1030 g/mol. The molecule has 20 nitrogen and oxygen atoms in total. The molecule has 2 amide bonds. The number of aromatic nitrogens is 3. The van der Waals surface area contributed by atoms with E-state index in [0.29, 0.717) is 101 Å². The minimum atomic E-state index is -0.668. The van der Waals surface area contributed by atoms with Crippen LogP contribution in [0.2, 0.25) is 0 Å². The number of benzene rings is 2. The number of esters is 4. The first-order chi connectivity index (χ1) is 38.9. The van der Waals surface area contributed by atoms with Crippen LogP contribution in [0.5, 0.6) is 0 Å². The van der Waals surface area contributed by atoms with Gasteiger partial charge in [-0.2, -0.15) is 5.10 Å². The largest absolute Gasteiger partial charge is 0.465 e. The van der Waals surface area contributed by atoms with Crippen LogP contribution in [0.25, 0.3) is 21.8 Å². The van der Waals surface area contributed by atoms with Crippen molar-refractivity contribution in [3.63, 3.8) is 0 Å². The third-order valence-corrected chi connectivity index (χ3v) is 16.5. The van der Waals surface area contributed by atoms with Crippen LogP contribution < -0.4 is 17.0 Å². The van der Waals surface area contributed by atoms with E-state index < -0.39 is 35.9 Å². The Balaban J connectivity index is 0.955. The lowest BCUT2D eigenvalue weighted by Crippen LogP contribution is -2.55. The van der Waals surface area contributed by atoms with Gasteiger partial charge in [-0.05, 0) is 150 Å². The Morgan fingerprint density at radius 2 is 1.26 bits per heavy atom. The number of unbranched alkanes of at least 4 members (excludes halogenated alkanes) is 4. The summed E-state index contributed by atoms with van der Waals surface area (Å²) in [5.74, 6) is -2.54. The molecule has 3 fully saturated rings. The lowest BCUT2D eigenvalue weighted by atomic mass is 9.88. The van der Waals surface area contributed by atoms with Crippen molar-refractivity contribution in [1.29, 1.82) is 0 Å². The number of carbonyl (C=O) groups excluding carboxylic acids is 6. The molecule has 4 aromatic rings. The average Bonchev–Trinajstić information content (AvgIpc) is 4.12. The molecule has 4 N–H and O–H groups in total. The van der Waals surface area contributed by atoms with Crippen molar-refractivity contribution in [3.8, 4) is 0 Å². The Kier molecular flexibility index (Phi) is 23.2. The predicted octanol–water partition coefficient (Wildman–Crippen LogP) is 6.03. The summed E-state index contributed by atoms with van der Waals surface area (Å²) in [6.07, 6.45) is 9.61. The zero-order valence-electron chi connectivity index (χ0n) is 48.8. The molecule has 7 rings (SSSR count). The highest BCUT2D eigenvalue weighted by molar-refractivity contribution is 5.87. The second-order valence-corrected chi connectivity index (χ2v) is 23.4. The SMILES string of the molecule is Cc1cc(C[C@@H](CC(=O)N2CCC(c3cc4ccccc4n(COC(=O)CCCCCOC(=O)C(N)C(C)C)c3=O)CC2)C(=O)N2CCN(C3CCN(C)CC3)CC2)cc2cn(COC(=O)CCCCCOC(=O)C(N)C(C)C)nc12. The number of piperidine rings is 2. The summed E-state index contributed by atoms with van der Waals surface area (Å²) < 4.78 is 24.9. The van der Waals surface area contributed by atoms with Crippen molar-refractivity contribution in [3.05, 3.63) is 75.7 Å². The summed E-state index contributed by atoms with van der Waals surface area (Å²) in [6.45, 7) is 15.4. The number of carbonyl (C=O) groups is 6. The van der Waals surface area contributed by atoms with Gasteiger partial charge >= 0.3 is 23.9 Å². The maximum absolute atomic E-state index is 14.8. The number of piperazine rings is 1. The van der Waals surface area contributed by atoms with Crippen molar-refractivity contribution in [2.45, 2.75) is 162 Å². The number of rotatable bonds is 27. The molecular formula is C61H89N9O11. The minimum Gasteiger partial charge on any atom is -0.465 e. The van der Waals surface area contributed by atoms with Gasteiger partial charge in [-0.25, -0.2) is 4.68 Å². The smallest absolute Gasteiger partial charge is 0.323 e. The maximum atomic E-state index is 14.8. The van der Waals surface area contributed by atoms with Crippen molar-refractivity contribution in [2.24, 2.45) is 29.2 Å². The third-order valence-electron chi connectivity index (χ3n) is 16.5. The molecule has 0 spiro atoms. The van der Waals surface area contributed by atoms with Crippen LogP contribution in [0.1, 0.15) is 134 Å². The van der Waals surface area contributed by atoms with Gasteiger partial charge in [0.15, 0.2) is 13.5 Å². The van der Waals surface area contributed by atoms with Gasteiger partial charge in [0, 0.05) is 81.7 Å². The van der Waals surface area contributed by atoms with Gasteiger partial charge < -0.3 is 45.1 Å². The highest BCUT2D eigenvalue weighted by Crippen LogP contribution is 2.31. The Hall–Kier alpha value is -6.22. The standard InChI is InChI=1S/C61H89N9O11/c1-41(2)55(62)60(76)78-31-13-7-9-17-53(72)80-39-69-38-48-35-44(33-43(5)57(48)64-69)34-47(58(74)68-29-27-66(28-30-68)49-21-23-65(6)24-22-49)37-52(71)67-25-19-45(20-26-67)50-36-46-15-11-12-16-51(46)70(59(50)75)40-81-54(73)18-10-8-14-32-79-61(77)56(63)42(3)4/h11-12,15-16,33,35-36,38,41-42,45,47,49,55-56H,7-10,13-14,17-32,34,37,39-40,62-63H2,1-6H3/t47-,55?,56?/m0/s1. The second kappa shape index (κ2) is 30.2. The van der Waals surface area contributed by atoms with E-state index in [0.717, 1.165) is 66.4 Å². The van der Waals surface area contributed by atoms with Gasteiger partial charge in [0.05, 0.1) is 30.2 Å². The van der Waals surface area contributed by atoms with Crippen LogP contribution in [-0.4, -0.2) is 160 Å². The number of para-hydroxylation sites is 1. The Morgan fingerprint density at radius 3 is 1.86 bits per heavy atom. The predicted molar refractivity (Wildman–Crippen MR) is 308 cm³/mol. The quantitative estimate of drug-likeness (QED) is 0.0393. The van der Waals surface area contributed by atoms with E-state index in [4.69, 9.17) is 35.5 Å². The Bertz CT molecular complexity index is 2820. The molecule has 5 heterocycles. The highest BCUT2D eigenvalue weighted by atomic mass is 16.6. The molecule has 444 valence electrons.